The molecule has 1 unspecified atom stereocenters. The summed E-state index contributed by atoms with van der Waals surface area (Å²) in [4.78, 5) is 17.4. The van der Waals surface area contributed by atoms with Crippen LogP contribution < -0.4 is 10.1 Å². The molecule has 1 aromatic rings. The number of hydrogen-bond acceptors (Lipinski definition) is 4. The number of pyridine rings is 1. The fourth-order valence-corrected chi connectivity index (χ4v) is 2.09. The van der Waals surface area contributed by atoms with Crippen molar-refractivity contribution in [2.45, 2.75) is 18.9 Å². The lowest BCUT2D eigenvalue weighted by molar-refractivity contribution is -0.120. The zero-order valence-corrected chi connectivity index (χ0v) is 10.6. The lowest BCUT2D eigenvalue weighted by Crippen LogP contribution is -2.29. The van der Waals surface area contributed by atoms with Crippen molar-refractivity contribution in [2.24, 2.45) is 0 Å². The molecule has 5 heteroatoms. The third kappa shape index (κ3) is 3.70. The third-order valence-corrected chi connectivity index (χ3v) is 3.12. The first-order chi connectivity index (χ1) is 8.78. The highest BCUT2D eigenvalue weighted by Crippen LogP contribution is 2.17. The Labute approximate surface area is 107 Å². The second-order valence-electron chi connectivity index (χ2n) is 4.44. The molecule has 1 N–H and O–H groups in total. The number of nitrogens with zero attached hydrogens (tertiary/aromatic N) is 2. The molecule has 5 nitrogen and oxygen atoms in total. The molecule has 1 aromatic heterocycles. The van der Waals surface area contributed by atoms with Gasteiger partial charge in [0.1, 0.15) is 11.9 Å². The molecule has 18 heavy (non-hydrogen) atoms. The van der Waals surface area contributed by atoms with Crippen LogP contribution in [-0.2, 0) is 4.79 Å². The van der Waals surface area contributed by atoms with Crippen molar-refractivity contribution in [2.75, 3.05) is 26.7 Å². The Morgan fingerprint density at radius 1 is 1.56 bits per heavy atom. The van der Waals surface area contributed by atoms with Crippen LogP contribution in [0, 0.1) is 0 Å². The minimum Gasteiger partial charge on any atom is -0.489 e. The minimum absolute atomic E-state index is 0.0912. The number of likely N-dealkylation sites (tertiary alicyclic amines) is 1. The first-order valence-electron chi connectivity index (χ1n) is 6.27. The van der Waals surface area contributed by atoms with Gasteiger partial charge in [-0.1, -0.05) is 0 Å². The van der Waals surface area contributed by atoms with Gasteiger partial charge in [0.15, 0.2) is 0 Å². The Bertz CT molecular complexity index is 383. The second-order valence-corrected chi connectivity index (χ2v) is 4.44. The third-order valence-electron chi connectivity index (χ3n) is 3.12. The zero-order chi connectivity index (χ0) is 12.8. The number of aromatic nitrogens is 1. The van der Waals surface area contributed by atoms with E-state index in [0.29, 0.717) is 6.42 Å². The monoisotopic (exact) mass is 249 g/mol. The van der Waals surface area contributed by atoms with Gasteiger partial charge in [-0.2, -0.15) is 0 Å². The van der Waals surface area contributed by atoms with Crippen LogP contribution in [0.15, 0.2) is 24.5 Å². The molecular formula is C13H19N3O2. The predicted octanol–water partition coefficient (Wildman–Crippen LogP) is 0.671. The molecular weight excluding hydrogens is 230 g/mol. The van der Waals surface area contributed by atoms with Crippen molar-refractivity contribution >= 4 is 5.91 Å². The summed E-state index contributed by atoms with van der Waals surface area (Å²) < 4.78 is 5.86. The maximum atomic E-state index is 11.2. The van der Waals surface area contributed by atoms with Gasteiger partial charge in [-0.05, 0) is 18.6 Å². The van der Waals surface area contributed by atoms with Crippen molar-refractivity contribution in [3.8, 4) is 5.75 Å². The molecule has 2 heterocycles. The smallest absolute Gasteiger partial charge is 0.221 e. The Morgan fingerprint density at radius 2 is 2.33 bits per heavy atom. The molecule has 0 spiro atoms. The maximum Gasteiger partial charge on any atom is 0.221 e. The molecule has 1 saturated heterocycles. The van der Waals surface area contributed by atoms with Gasteiger partial charge in [-0.25, -0.2) is 0 Å². The Hall–Kier alpha value is -1.62. The highest BCUT2D eigenvalue weighted by atomic mass is 16.5. The largest absolute Gasteiger partial charge is 0.489 e. The summed E-state index contributed by atoms with van der Waals surface area (Å²) in [5.74, 6) is 0.955. The van der Waals surface area contributed by atoms with Crippen LogP contribution in [-0.4, -0.2) is 48.6 Å². The standard InChI is InChI=1S/C13H19N3O2/c1-14-13(17)5-9-16-8-4-12(10-16)18-11-2-6-15-7-3-11/h2-3,6-7,12H,4-5,8-10H2,1H3,(H,14,17). The summed E-state index contributed by atoms with van der Waals surface area (Å²) in [6, 6.07) is 3.74. The summed E-state index contributed by atoms with van der Waals surface area (Å²) in [6.07, 6.45) is 5.24. The molecule has 98 valence electrons. The quantitative estimate of drug-likeness (QED) is 0.833. The topological polar surface area (TPSA) is 54.5 Å². The molecule has 1 aliphatic heterocycles. The Balaban J connectivity index is 1.73. The zero-order valence-electron chi connectivity index (χ0n) is 10.6. The van der Waals surface area contributed by atoms with E-state index in [4.69, 9.17) is 4.74 Å². The Kier molecular flexibility index (Phi) is 4.52. The van der Waals surface area contributed by atoms with Crippen LogP contribution in [0.25, 0.3) is 0 Å². The van der Waals surface area contributed by atoms with E-state index in [1.165, 1.54) is 0 Å². The SMILES string of the molecule is CNC(=O)CCN1CCC(Oc2ccncc2)C1. The van der Waals surface area contributed by atoms with Crippen LogP contribution in [0.4, 0.5) is 0 Å². The van der Waals surface area contributed by atoms with Gasteiger partial charge < -0.3 is 10.1 Å². The van der Waals surface area contributed by atoms with E-state index in [1.54, 1.807) is 19.4 Å². The number of carbonyl (C=O) groups excluding carboxylic acids is 1. The van der Waals surface area contributed by atoms with Gasteiger partial charge in [0.2, 0.25) is 5.91 Å². The summed E-state index contributed by atoms with van der Waals surface area (Å²) in [6.45, 7) is 2.68. The number of carbonyl (C=O) groups is 1. The molecule has 1 aliphatic rings. The van der Waals surface area contributed by atoms with Crippen molar-refractivity contribution in [3.05, 3.63) is 24.5 Å². The van der Waals surface area contributed by atoms with Crippen LogP contribution in [0.3, 0.4) is 0 Å². The van der Waals surface area contributed by atoms with Crippen molar-refractivity contribution in [3.63, 3.8) is 0 Å². The lowest BCUT2D eigenvalue weighted by atomic mass is 10.3. The van der Waals surface area contributed by atoms with Gasteiger partial charge in [0.05, 0.1) is 0 Å². The molecule has 0 saturated carbocycles. The normalized spacial score (nSPS) is 19.7. The van der Waals surface area contributed by atoms with Gasteiger partial charge in [-0.15, -0.1) is 0 Å². The number of ether oxygens (including phenoxy) is 1. The van der Waals surface area contributed by atoms with Crippen molar-refractivity contribution in [1.29, 1.82) is 0 Å². The average molecular weight is 249 g/mol. The number of hydrogen-bond donors (Lipinski definition) is 1. The van der Waals surface area contributed by atoms with E-state index in [2.05, 4.69) is 15.2 Å². The van der Waals surface area contributed by atoms with E-state index in [-0.39, 0.29) is 12.0 Å². The van der Waals surface area contributed by atoms with Crippen molar-refractivity contribution in [1.82, 2.24) is 15.2 Å². The van der Waals surface area contributed by atoms with E-state index < -0.39 is 0 Å². The summed E-state index contributed by atoms with van der Waals surface area (Å²) in [5.41, 5.74) is 0. The minimum atomic E-state index is 0.0912. The highest BCUT2D eigenvalue weighted by molar-refractivity contribution is 5.75. The van der Waals surface area contributed by atoms with Gasteiger partial charge in [-0.3, -0.25) is 14.7 Å². The molecule has 1 amide bonds. The van der Waals surface area contributed by atoms with Crippen LogP contribution in [0.2, 0.25) is 0 Å². The first-order valence-corrected chi connectivity index (χ1v) is 6.27. The average Bonchev–Trinajstić information content (AvgIpc) is 2.85. The van der Waals surface area contributed by atoms with E-state index in [9.17, 15) is 4.79 Å². The second kappa shape index (κ2) is 6.35. The number of amides is 1. The molecule has 0 aromatic carbocycles. The summed E-state index contributed by atoms with van der Waals surface area (Å²) >= 11 is 0. The van der Waals surface area contributed by atoms with Crippen LogP contribution in [0.5, 0.6) is 5.75 Å². The molecule has 0 radical (unpaired) electrons. The maximum absolute atomic E-state index is 11.2. The van der Waals surface area contributed by atoms with E-state index in [1.807, 2.05) is 12.1 Å². The summed E-state index contributed by atoms with van der Waals surface area (Å²) in [5, 5.41) is 2.64. The fraction of sp³-hybridized carbons (Fsp3) is 0.538. The van der Waals surface area contributed by atoms with Gasteiger partial charge in [0.25, 0.3) is 0 Å². The Morgan fingerprint density at radius 3 is 3.06 bits per heavy atom. The molecule has 1 atom stereocenters. The molecule has 2 rings (SSSR count). The molecule has 1 fully saturated rings. The van der Waals surface area contributed by atoms with Crippen LogP contribution >= 0.6 is 0 Å². The highest BCUT2D eigenvalue weighted by Gasteiger charge is 2.23. The van der Waals surface area contributed by atoms with E-state index >= 15 is 0 Å². The summed E-state index contributed by atoms with van der Waals surface area (Å²) in [7, 11) is 1.67. The molecule has 0 aliphatic carbocycles. The van der Waals surface area contributed by atoms with E-state index in [0.717, 1.165) is 31.8 Å². The number of nitrogens with one attached hydrogen (secondary N) is 1. The van der Waals surface area contributed by atoms with Gasteiger partial charge >= 0.3 is 0 Å². The first kappa shape index (κ1) is 12.8. The predicted molar refractivity (Wildman–Crippen MR) is 68.4 cm³/mol. The number of rotatable bonds is 5. The molecule has 0 bridgehead atoms. The van der Waals surface area contributed by atoms with Crippen LogP contribution in [0.1, 0.15) is 12.8 Å². The lowest BCUT2D eigenvalue weighted by Gasteiger charge is -2.16. The van der Waals surface area contributed by atoms with Gasteiger partial charge in [0, 0.05) is 45.5 Å². The fourth-order valence-electron chi connectivity index (χ4n) is 2.09. The van der Waals surface area contributed by atoms with Crippen molar-refractivity contribution < 1.29 is 9.53 Å².